The second kappa shape index (κ2) is 78.5. The van der Waals surface area contributed by atoms with Gasteiger partial charge in [0, 0.05) is 39.9 Å². The van der Waals surface area contributed by atoms with Crippen LogP contribution in [0, 0.1) is 60.7 Å². The van der Waals surface area contributed by atoms with Crippen LogP contribution in [0.3, 0.4) is 0 Å². The molecule has 0 aromatic rings. The summed E-state index contributed by atoms with van der Waals surface area (Å²) in [5.74, 6) is 0. The van der Waals surface area contributed by atoms with Crippen molar-refractivity contribution >= 4 is 12.4 Å². The molecule has 11 heavy (non-hydrogen) atoms. The zero-order chi connectivity index (χ0) is 8.12. The third-order valence-electron chi connectivity index (χ3n) is 0. The fourth-order valence-corrected chi connectivity index (χ4v) is 0. The molecule has 0 N–H and O–H groups in total. The molecular formula is C9H16ClTh-3. The van der Waals surface area contributed by atoms with Crippen molar-refractivity contribution in [3.63, 3.8) is 0 Å². The van der Waals surface area contributed by atoms with Crippen molar-refractivity contribution in [3.05, 3.63) is 58.7 Å². The van der Waals surface area contributed by atoms with Gasteiger partial charge in [0.15, 0.2) is 0 Å². The van der Waals surface area contributed by atoms with Gasteiger partial charge < -0.3 is 0 Å². The first-order valence-corrected chi connectivity index (χ1v) is 2.45. The van der Waals surface area contributed by atoms with Crippen LogP contribution in [0.1, 0.15) is 0 Å². The van der Waals surface area contributed by atoms with Gasteiger partial charge in [-0.15, -0.1) is 12.4 Å². The molecule has 0 heterocycles. The van der Waals surface area contributed by atoms with Crippen LogP contribution in [-0.2, 0) is 0 Å². The molecule has 0 amide bonds. The maximum Gasteiger partial charge on any atom is 0 e. The summed E-state index contributed by atoms with van der Waals surface area (Å²) in [6, 6.07) is 0. The average Bonchev–Trinajstić information content (AvgIpc) is 1.70. The number of allylic oxidation sites excluding steroid dienone is 3. The second-order valence-electron chi connectivity index (χ2n) is 0.866. The van der Waals surface area contributed by atoms with Crippen molar-refractivity contribution in [3.8, 4) is 0 Å². The van der Waals surface area contributed by atoms with E-state index in [9.17, 15) is 0 Å². The molecule has 0 spiro atoms. The van der Waals surface area contributed by atoms with E-state index in [-0.39, 0.29) is 52.3 Å². The Morgan fingerprint density at radius 1 is 0.727 bits per heavy atom. The molecule has 0 bridgehead atoms. The van der Waals surface area contributed by atoms with Crippen molar-refractivity contribution in [2.24, 2.45) is 0 Å². The van der Waals surface area contributed by atoms with Gasteiger partial charge in [-0.05, 0) is 0 Å². The van der Waals surface area contributed by atoms with Crippen molar-refractivity contribution in [1.29, 1.82) is 0 Å². The molecule has 0 saturated heterocycles. The summed E-state index contributed by atoms with van der Waals surface area (Å²) in [5, 5.41) is 0. The predicted octanol–water partition coefficient (Wildman–Crippen LogP) is 3.44. The Bertz CT molecular complexity index is 46.3. The Hall–Kier alpha value is 0.445. The number of hydrogen-bond acceptors (Lipinski definition) is 0. The molecule has 0 aromatic heterocycles. The van der Waals surface area contributed by atoms with Crippen molar-refractivity contribution in [2.75, 3.05) is 0 Å². The SMILES string of the molecule is C=C[CH2-].C=C[CH2-].C=C[CH2-].Cl.[Th]. The van der Waals surface area contributed by atoms with Gasteiger partial charge in [0.05, 0.1) is 0 Å². The first-order valence-electron chi connectivity index (χ1n) is 2.45. The molecule has 2 heteroatoms. The van der Waals surface area contributed by atoms with Crippen LogP contribution in [0.25, 0.3) is 0 Å². The molecule has 0 aliphatic heterocycles. The standard InChI is InChI=1S/3C3H5.ClH.Th/c3*1-3-2;;/h3*3H,1-2H2;1H;/q3*-1;;. The van der Waals surface area contributed by atoms with E-state index in [4.69, 9.17) is 0 Å². The Kier molecular flexibility index (Phi) is 215. The molecule has 0 atom stereocenters. The van der Waals surface area contributed by atoms with Gasteiger partial charge in [-0.2, -0.15) is 0 Å². The Balaban J connectivity index is -0.0000000150. The quantitative estimate of drug-likeness (QED) is 0.555. The summed E-state index contributed by atoms with van der Waals surface area (Å²) < 4.78 is 0. The van der Waals surface area contributed by atoms with Gasteiger partial charge in [0.1, 0.15) is 0 Å². The van der Waals surface area contributed by atoms with Gasteiger partial charge in [0.25, 0.3) is 0 Å². The van der Waals surface area contributed by atoms with E-state index in [0.29, 0.717) is 0 Å². The molecule has 0 aromatic carbocycles. The van der Waals surface area contributed by atoms with Crippen molar-refractivity contribution < 1.29 is 39.9 Å². The second-order valence-corrected chi connectivity index (χ2v) is 0.866. The van der Waals surface area contributed by atoms with E-state index in [1.165, 1.54) is 18.2 Å². The molecule has 0 rings (SSSR count). The summed E-state index contributed by atoms with van der Waals surface area (Å²) in [5.41, 5.74) is 0. The molecule has 0 aliphatic rings. The predicted molar refractivity (Wildman–Crippen MR) is 53.9 cm³/mol. The third kappa shape index (κ3) is 3770. The number of hydrogen-bond donors (Lipinski definition) is 0. The van der Waals surface area contributed by atoms with Gasteiger partial charge >= 0.3 is 0 Å². The molecule has 0 unspecified atom stereocenters. The third-order valence-corrected chi connectivity index (χ3v) is 0. The molecule has 0 radical (unpaired) electrons. The topological polar surface area (TPSA) is 0 Å². The summed E-state index contributed by atoms with van der Waals surface area (Å²) >= 11 is 0. The van der Waals surface area contributed by atoms with Crippen LogP contribution in [0.15, 0.2) is 38.0 Å². The number of halogens is 1. The molecule has 66 valence electrons. The van der Waals surface area contributed by atoms with Crippen molar-refractivity contribution in [1.82, 2.24) is 0 Å². The average molecular weight is 392 g/mol. The van der Waals surface area contributed by atoms with Gasteiger partial charge in [-0.25, -0.2) is 58.7 Å². The van der Waals surface area contributed by atoms with E-state index in [0.717, 1.165) is 0 Å². The number of rotatable bonds is 0. The maximum atomic E-state index is 3.25. The normalized spacial score (nSPS) is 3.27. The largest absolute Gasteiger partial charge is 0.245 e. The van der Waals surface area contributed by atoms with Crippen LogP contribution in [0.2, 0.25) is 0 Å². The molecule has 0 nitrogen and oxygen atoms in total. The minimum Gasteiger partial charge on any atom is -0.245 e. The zero-order valence-electron chi connectivity index (χ0n) is 6.88. The Morgan fingerprint density at radius 2 is 0.727 bits per heavy atom. The first-order chi connectivity index (χ1) is 4.24. The zero-order valence-corrected chi connectivity index (χ0v) is 11.8. The van der Waals surface area contributed by atoms with Crippen LogP contribution in [-0.4, -0.2) is 0 Å². The first kappa shape index (κ1) is 30.1. The summed E-state index contributed by atoms with van der Waals surface area (Å²) in [4.78, 5) is 0. The summed E-state index contributed by atoms with van der Waals surface area (Å²) in [6.07, 6.45) is 4.50. The van der Waals surface area contributed by atoms with E-state index in [1.54, 1.807) is 0 Å². The minimum atomic E-state index is 0. The van der Waals surface area contributed by atoms with Crippen molar-refractivity contribution in [2.45, 2.75) is 0 Å². The fraction of sp³-hybridized carbons (Fsp3) is 0. The molecule has 0 fully saturated rings. The van der Waals surface area contributed by atoms with E-state index in [1.807, 2.05) is 0 Å². The monoisotopic (exact) mass is 391 g/mol. The summed E-state index contributed by atoms with van der Waals surface area (Å²) in [7, 11) is 0. The summed E-state index contributed by atoms with van der Waals surface area (Å²) in [6.45, 7) is 19.5. The minimum absolute atomic E-state index is 0. The molecule has 0 saturated carbocycles. The Morgan fingerprint density at radius 3 is 0.727 bits per heavy atom. The fourth-order valence-electron chi connectivity index (χ4n) is 0. The molecule has 0 aliphatic carbocycles. The maximum absolute atomic E-state index is 3.25. The van der Waals surface area contributed by atoms with E-state index in [2.05, 4.69) is 40.5 Å². The van der Waals surface area contributed by atoms with Crippen LogP contribution in [0.4, 0.5) is 0 Å². The van der Waals surface area contributed by atoms with Gasteiger partial charge in [-0.1, -0.05) is 0 Å². The van der Waals surface area contributed by atoms with Crippen LogP contribution >= 0.6 is 12.4 Å². The van der Waals surface area contributed by atoms with Gasteiger partial charge in [-0.3, -0.25) is 0 Å². The van der Waals surface area contributed by atoms with Crippen LogP contribution in [0.5, 0.6) is 0 Å². The Labute approximate surface area is 110 Å². The van der Waals surface area contributed by atoms with E-state index >= 15 is 0 Å². The smallest absolute Gasteiger partial charge is 0 e. The van der Waals surface area contributed by atoms with E-state index < -0.39 is 0 Å². The van der Waals surface area contributed by atoms with Crippen LogP contribution < -0.4 is 0 Å². The van der Waals surface area contributed by atoms with Gasteiger partial charge in [0.2, 0.25) is 0 Å². The molecular weight excluding hydrogens is 376 g/mol.